The molecule has 5 heteroatoms. The van der Waals surface area contributed by atoms with Gasteiger partial charge < -0.3 is 15.2 Å². The van der Waals surface area contributed by atoms with Crippen LogP contribution in [0.1, 0.15) is 10.4 Å². The predicted octanol–water partition coefficient (Wildman–Crippen LogP) is 0.660. The molecule has 1 aromatic carbocycles. The van der Waals surface area contributed by atoms with Crippen LogP contribution < -0.4 is 5.32 Å². The molecule has 1 aromatic rings. The second-order valence-electron chi connectivity index (χ2n) is 3.37. The summed E-state index contributed by atoms with van der Waals surface area (Å²) >= 11 is 0. The van der Waals surface area contributed by atoms with Crippen LogP contribution in [-0.4, -0.2) is 30.3 Å². The minimum Gasteiger partial charge on any atom is -0.507 e. The normalized spacial score (nSPS) is 15.8. The van der Waals surface area contributed by atoms with Gasteiger partial charge in [-0.15, -0.1) is 0 Å². The van der Waals surface area contributed by atoms with Crippen molar-refractivity contribution in [1.29, 1.82) is 0 Å². The minimum atomic E-state index is -0.553. The van der Waals surface area contributed by atoms with Crippen LogP contribution in [0.4, 0.5) is 4.39 Å². The Hall–Kier alpha value is -1.62. The quantitative estimate of drug-likeness (QED) is 0.755. The largest absolute Gasteiger partial charge is 0.507 e. The summed E-state index contributed by atoms with van der Waals surface area (Å²) in [5.41, 5.74) is -0.0538. The van der Waals surface area contributed by atoms with Gasteiger partial charge in [0.1, 0.15) is 11.6 Å². The highest BCUT2D eigenvalue weighted by molar-refractivity contribution is 5.97. The molecule has 0 spiro atoms. The molecule has 0 unspecified atom stereocenters. The molecule has 1 fully saturated rings. The highest BCUT2D eigenvalue weighted by Crippen LogP contribution is 2.18. The number of carbonyl (C=O) groups is 1. The molecule has 1 amide bonds. The second-order valence-corrected chi connectivity index (χ2v) is 3.37. The van der Waals surface area contributed by atoms with Crippen molar-refractivity contribution in [3.8, 4) is 5.75 Å². The highest BCUT2D eigenvalue weighted by Gasteiger charge is 2.22. The number of carbonyl (C=O) groups excluding carboxylic acids is 1. The Kier molecular flexibility index (Phi) is 2.55. The van der Waals surface area contributed by atoms with Gasteiger partial charge in [0.15, 0.2) is 0 Å². The molecule has 0 aliphatic carbocycles. The predicted molar refractivity (Wildman–Crippen MR) is 50.1 cm³/mol. The molecule has 2 N–H and O–H groups in total. The smallest absolute Gasteiger partial charge is 0.255 e. The first-order chi connectivity index (χ1) is 7.16. The summed E-state index contributed by atoms with van der Waals surface area (Å²) in [5.74, 6) is -1.27. The molecule has 4 nitrogen and oxygen atoms in total. The van der Waals surface area contributed by atoms with Gasteiger partial charge in [0, 0.05) is 0 Å². The van der Waals surface area contributed by atoms with Crippen LogP contribution in [0.3, 0.4) is 0 Å². The Morgan fingerprint density at radius 2 is 2.27 bits per heavy atom. The van der Waals surface area contributed by atoms with Gasteiger partial charge in [-0.25, -0.2) is 4.39 Å². The lowest BCUT2D eigenvalue weighted by atomic mass is 10.1. The number of ether oxygens (including phenoxy) is 1. The number of amides is 1. The summed E-state index contributed by atoms with van der Waals surface area (Å²) in [4.78, 5) is 11.5. The van der Waals surface area contributed by atoms with E-state index in [9.17, 15) is 14.3 Å². The van der Waals surface area contributed by atoms with E-state index in [4.69, 9.17) is 4.74 Å². The third kappa shape index (κ3) is 2.07. The van der Waals surface area contributed by atoms with E-state index in [2.05, 4.69) is 5.32 Å². The van der Waals surface area contributed by atoms with Gasteiger partial charge in [-0.05, 0) is 18.2 Å². The van der Waals surface area contributed by atoms with E-state index < -0.39 is 11.7 Å². The zero-order chi connectivity index (χ0) is 10.8. The molecule has 0 saturated carbocycles. The lowest BCUT2D eigenvalue weighted by Crippen LogP contribution is -2.48. The Balaban J connectivity index is 2.12. The van der Waals surface area contributed by atoms with Crippen molar-refractivity contribution < 1.29 is 19.0 Å². The Morgan fingerprint density at radius 1 is 1.53 bits per heavy atom. The SMILES string of the molecule is O=C(NC1COC1)c1cc(F)ccc1O. The van der Waals surface area contributed by atoms with Gasteiger partial charge in [0.2, 0.25) is 0 Å². The third-order valence-corrected chi connectivity index (χ3v) is 2.18. The fraction of sp³-hybridized carbons (Fsp3) is 0.300. The summed E-state index contributed by atoms with van der Waals surface area (Å²) in [6, 6.07) is 3.21. The second kappa shape index (κ2) is 3.86. The van der Waals surface area contributed by atoms with Crippen LogP contribution in [0, 0.1) is 5.82 Å². The molecule has 1 saturated heterocycles. The fourth-order valence-electron chi connectivity index (χ4n) is 1.27. The molecule has 1 heterocycles. The van der Waals surface area contributed by atoms with Crippen molar-refractivity contribution in [3.05, 3.63) is 29.6 Å². The number of hydrogen-bond donors (Lipinski definition) is 2. The number of phenolic OH excluding ortho intramolecular Hbond substituents is 1. The summed E-state index contributed by atoms with van der Waals surface area (Å²) in [6.07, 6.45) is 0. The molecule has 0 atom stereocenters. The van der Waals surface area contributed by atoms with Gasteiger partial charge in [-0.1, -0.05) is 0 Å². The molecule has 80 valence electrons. The topological polar surface area (TPSA) is 58.6 Å². The van der Waals surface area contributed by atoms with Crippen LogP contribution >= 0.6 is 0 Å². The van der Waals surface area contributed by atoms with E-state index in [0.717, 1.165) is 18.2 Å². The number of rotatable bonds is 2. The van der Waals surface area contributed by atoms with Crippen molar-refractivity contribution in [2.75, 3.05) is 13.2 Å². The van der Waals surface area contributed by atoms with Crippen LogP contribution in [0.5, 0.6) is 5.75 Å². The standard InChI is InChI=1S/C10H10FNO3/c11-6-1-2-9(13)8(3-6)10(14)12-7-4-15-5-7/h1-3,7,13H,4-5H2,(H,12,14). The molecule has 0 radical (unpaired) electrons. The number of phenols is 1. The number of halogens is 1. The van der Waals surface area contributed by atoms with Gasteiger partial charge in [0.05, 0.1) is 24.8 Å². The Labute approximate surface area is 85.7 Å². The van der Waals surface area contributed by atoms with Gasteiger partial charge in [-0.3, -0.25) is 4.79 Å². The molecule has 1 aliphatic heterocycles. The molecular formula is C10H10FNO3. The number of nitrogens with one attached hydrogen (secondary N) is 1. The molecule has 15 heavy (non-hydrogen) atoms. The first kappa shape index (κ1) is 9.92. The zero-order valence-corrected chi connectivity index (χ0v) is 7.87. The third-order valence-electron chi connectivity index (χ3n) is 2.18. The van der Waals surface area contributed by atoms with Gasteiger partial charge >= 0.3 is 0 Å². The van der Waals surface area contributed by atoms with Crippen LogP contribution in [0.2, 0.25) is 0 Å². The van der Waals surface area contributed by atoms with Crippen molar-refractivity contribution in [1.82, 2.24) is 5.32 Å². The van der Waals surface area contributed by atoms with Crippen molar-refractivity contribution in [2.24, 2.45) is 0 Å². The van der Waals surface area contributed by atoms with E-state index in [0.29, 0.717) is 13.2 Å². The Bertz CT molecular complexity index is 390. The highest BCUT2D eigenvalue weighted by atomic mass is 19.1. The number of aromatic hydroxyl groups is 1. The zero-order valence-electron chi connectivity index (χ0n) is 7.87. The molecule has 0 aromatic heterocycles. The van der Waals surface area contributed by atoms with Crippen molar-refractivity contribution >= 4 is 5.91 Å². The first-order valence-electron chi connectivity index (χ1n) is 4.54. The molecular weight excluding hydrogens is 201 g/mol. The summed E-state index contributed by atoms with van der Waals surface area (Å²) in [5, 5.41) is 12.0. The van der Waals surface area contributed by atoms with Crippen molar-refractivity contribution in [3.63, 3.8) is 0 Å². The lowest BCUT2D eigenvalue weighted by Gasteiger charge is -2.26. The summed E-state index contributed by atoms with van der Waals surface area (Å²) in [7, 11) is 0. The summed E-state index contributed by atoms with van der Waals surface area (Å²) in [6.45, 7) is 0.920. The average molecular weight is 211 g/mol. The minimum absolute atomic E-state index is 0.0415. The summed E-state index contributed by atoms with van der Waals surface area (Å²) < 4.78 is 17.7. The van der Waals surface area contributed by atoms with E-state index in [-0.39, 0.29) is 17.4 Å². The van der Waals surface area contributed by atoms with Gasteiger partial charge in [-0.2, -0.15) is 0 Å². The Morgan fingerprint density at radius 3 is 2.87 bits per heavy atom. The molecule has 1 aliphatic rings. The van der Waals surface area contributed by atoms with Crippen LogP contribution in [0.25, 0.3) is 0 Å². The average Bonchev–Trinajstić information content (AvgIpc) is 2.15. The van der Waals surface area contributed by atoms with Gasteiger partial charge in [0.25, 0.3) is 5.91 Å². The first-order valence-corrected chi connectivity index (χ1v) is 4.54. The molecule has 0 bridgehead atoms. The number of benzene rings is 1. The maximum absolute atomic E-state index is 12.8. The molecule has 2 rings (SSSR count). The fourth-order valence-corrected chi connectivity index (χ4v) is 1.27. The van der Waals surface area contributed by atoms with E-state index in [1.54, 1.807) is 0 Å². The monoisotopic (exact) mass is 211 g/mol. The maximum Gasteiger partial charge on any atom is 0.255 e. The van der Waals surface area contributed by atoms with Crippen LogP contribution in [-0.2, 0) is 4.74 Å². The van der Waals surface area contributed by atoms with E-state index in [1.807, 2.05) is 0 Å². The van der Waals surface area contributed by atoms with E-state index in [1.165, 1.54) is 0 Å². The van der Waals surface area contributed by atoms with E-state index >= 15 is 0 Å². The van der Waals surface area contributed by atoms with Crippen molar-refractivity contribution in [2.45, 2.75) is 6.04 Å². The number of hydrogen-bond acceptors (Lipinski definition) is 3. The lowest BCUT2D eigenvalue weighted by molar-refractivity contribution is -0.00350. The maximum atomic E-state index is 12.8. The van der Waals surface area contributed by atoms with Crippen LogP contribution in [0.15, 0.2) is 18.2 Å².